The fraction of sp³-hybridized carbons (Fsp3) is 1.00. The summed E-state index contributed by atoms with van der Waals surface area (Å²) in [6, 6.07) is 0. The van der Waals surface area contributed by atoms with Crippen LogP contribution < -0.4 is 5.32 Å². The van der Waals surface area contributed by atoms with E-state index in [0.717, 1.165) is 5.92 Å². The molecule has 16 heavy (non-hydrogen) atoms. The molecule has 0 spiro atoms. The lowest BCUT2D eigenvalue weighted by atomic mass is 9.77. The van der Waals surface area contributed by atoms with Crippen LogP contribution in [-0.2, 0) is 0 Å². The summed E-state index contributed by atoms with van der Waals surface area (Å²) in [6.07, 6.45) is 8.20. The summed E-state index contributed by atoms with van der Waals surface area (Å²) in [5, 5.41) is 3.58. The summed E-state index contributed by atoms with van der Waals surface area (Å²) in [7, 11) is 0. The standard InChI is InChI=1S/C15H33N/c1-6-8-9-10-11-14(15(3,4)5)13-16-12-7-2/h14,16H,6-13H2,1-5H3. The highest BCUT2D eigenvalue weighted by Crippen LogP contribution is 2.29. The quantitative estimate of drug-likeness (QED) is 0.567. The van der Waals surface area contributed by atoms with Gasteiger partial charge in [-0.25, -0.2) is 0 Å². The van der Waals surface area contributed by atoms with Crippen molar-refractivity contribution in [2.24, 2.45) is 11.3 Å². The first-order valence-electron chi connectivity index (χ1n) is 7.23. The minimum absolute atomic E-state index is 0.451. The van der Waals surface area contributed by atoms with Crippen molar-refractivity contribution in [2.45, 2.75) is 73.1 Å². The maximum atomic E-state index is 3.58. The lowest BCUT2D eigenvalue weighted by Gasteiger charge is -2.31. The molecule has 1 nitrogen and oxygen atoms in total. The first-order chi connectivity index (χ1) is 7.52. The molecule has 0 fully saturated rings. The van der Waals surface area contributed by atoms with Crippen LogP contribution in [0.1, 0.15) is 73.1 Å². The Hall–Kier alpha value is -0.0400. The van der Waals surface area contributed by atoms with E-state index in [1.54, 1.807) is 0 Å². The molecule has 0 aliphatic heterocycles. The number of rotatable bonds is 9. The van der Waals surface area contributed by atoms with Gasteiger partial charge in [0.2, 0.25) is 0 Å². The van der Waals surface area contributed by atoms with Crippen molar-refractivity contribution in [3.63, 3.8) is 0 Å². The molecule has 0 aliphatic rings. The summed E-state index contributed by atoms with van der Waals surface area (Å²) in [6.45, 7) is 14.0. The first kappa shape index (κ1) is 16.0. The highest BCUT2D eigenvalue weighted by molar-refractivity contribution is 4.76. The van der Waals surface area contributed by atoms with E-state index in [9.17, 15) is 0 Å². The zero-order chi connectivity index (χ0) is 12.4. The Balaban J connectivity index is 3.82. The predicted octanol–water partition coefficient (Wildman–Crippen LogP) is 4.62. The molecule has 0 bridgehead atoms. The van der Waals surface area contributed by atoms with Gasteiger partial charge in [0.05, 0.1) is 0 Å². The van der Waals surface area contributed by atoms with Crippen LogP contribution in [0.3, 0.4) is 0 Å². The minimum Gasteiger partial charge on any atom is -0.316 e. The van der Waals surface area contributed by atoms with Gasteiger partial charge in [0.25, 0.3) is 0 Å². The van der Waals surface area contributed by atoms with Crippen molar-refractivity contribution in [1.82, 2.24) is 5.32 Å². The fourth-order valence-electron chi connectivity index (χ4n) is 2.11. The molecule has 0 amide bonds. The van der Waals surface area contributed by atoms with E-state index >= 15 is 0 Å². The van der Waals surface area contributed by atoms with Gasteiger partial charge < -0.3 is 5.32 Å². The molecule has 1 unspecified atom stereocenters. The zero-order valence-corrected chi connectivity index (χ0v) is 12.2. The van der Waals surface area contributed by atoms with Crippen molar-refractivity contribution < 1.29 is 0 Å². The zero-order valence-electron chi connectivity index (χ0n) is 12.2. The minimum atomic E-state index is 0.451. The molecule has 98 valence electrons. The van der Waals surface area contributed by atoms with Gasteiger partial charge >= 0.3 is 0 Å². The Labute approximate surface area is 103 Å². The highest BCUT2D eigenvalue weighted by Gasteiger charge is 2.23. The van der Waals surface area contributed by atoms with Gasteiger partial charge in [-0.1, -0.05) is 60.3 Å². The van der Waals surface area contributed by atoms with Crippen molar-refractivity contribution in [2.75, 3.05) is 13.1 Å². The van der Waals surface area contributed by atoms with E-state index in [-0.39, 0.29) is 0 Å². The maximum Gasteiger partial charge on any atom is -0.00155 e. The molecule has 0 saturated carbocycles. The largest absolute Gasteiger partial charge is 0.316 e. The Bertz CT molecular complexity index is 146. The average molecular weight is 227 g/mol. The molecule has 1 heteroatoms. The van der Waals surface area contributed by atoms with Crippen LogP contribution in [0, 0.1) is 11.3 Å². The smallest absolute Gasteiger partial charge is 0.00155 e. The van der Waals surface area contributed by atoms with E-state index in [2.05, 4.69) is 39.9 Å². The van der Waals surface area contributed by atoms with Gasteiger partial charge in [-0.15, -0.1) is 0 Å². The number of nitrogens with one attached hydrogen (secondary N) is 1. The third-order valence-corrected chi connectivity index (χ3v) is 3.45. The van der Waals surface area contributed by atoms with E-state index in [4.69, 9.17) is 0 Å². The summed E-state index contributed by atoms with van der Waals surface area (Å²) >= 11 is 0. The first-order valence-corrected chi connectivity index (χ1v) is 7.23. The van der Waals surface area contributed by atoms with Gasteiger partial charge in [-0.3, -0.25) is 0 Å². The van der Waals surface area contributed by atoms with Crippen molar-refractivity contribution >= 4 is 0 Å². The molecule has 0 aliphatic carbocycles. The fourth-order valence-corrected chi connectivity index (χ4v) is 2.11. The van der Waals surface area contributed by atoms with E-state index in [0.29, 0.717) is 5.41 Å². The normalized spacial score (nSPS) is 14.1. The summed E-state index contributed by atoms with van der Waals surface area (Å²) in [5.74, 6) is 0.830. The van der Waals surface area contributed by atoms with Gasteiger partial charge in [0.1, 0.15) is 0 Å². The van der Waals surface area contributed by atoms with E-state index < -0.39 is 0 Å². The van der Waals surface area contributed by atoms with Crippen molar-refractivity contribution in [3.05, 3.63) is 0 Å². The van der Waals surface area contributed by atoms with Crippen LogP contribution in [0.2, 0.25) is 0 Å². The van der Waals surface area contributed by atoms with Crippen molar-refractivity contribution in [1.29, 1.82) is 0 Å². The molecular formula is C15H33N. The Morgan fingerprint density at radius 3 is 2.12 bits per heavy atom. The van der Waals surface area contributed by atoms with Crippen LogP contribution in [0.15, 0.2) is 0 Å². The highest BCUT2D eigenvalue weighted by atomic mass is 14.9. The lowest BCUT2D eigenvalue weighted by Crippen LogP contribution is -2.32. The summed E-state index contributed by atoms with van der Waals surface area (Å²) in [5.41, 5.74) is 0.451. The monoisotopic (exact) mass is 227 g/mol. The molecule has 1 atom stereocenters. The average Bonchev–Trinajstić information content (AvgIpc) is 2.20. The molecule has 0 rings (SSSR count). The molecule has 0 aromatic carbocycles. The van der Waals surface area contributed by atoms with Gasteiger partial charge in [0.15, 0.2) is 0 Å². The second-order valence-electron chi connectivity index (χ2n) is 6.12. The maximum absolute atomic E-state index is 3.58. The molecule has 1 N–H and O–H groups in total. The predicted molar refractivity (Wildman–Crippen MR) is 74.9 cm³/mol. The Kier molecular flexibility index (Phi) is 9.02. The van der Waals surface area contributed by atoms with Crippen LogP contribution in [0.5, 0.6) is 0 Å². The van der Waals surface area contributed by atoms with Crippen LogP contribution in [0.25, 0.3) is 0 Å². The summed E-state index contributed by atoms with van der Waals surface area (Å²) in [4.78, 5) is 0. The van der Waals surface area contributed by atoms with Gasteiger partial charge in [-0.05, 0) is 37.3 Å². The molecule has 0 aromatic heterocycles. The van der Waals surface area contributed by atoms with Crippen molar-refractivity contribution in [3.8, 4) is 0 Å². The number of unbranched alkanes of at least 4 members (excludes halogenated alkanes) is 3. The van der Waals surface area contributed by atoms with Gasteiger partial charge in [0, 0.05) is 0 Å². The van der Waals surface area contributed by atoms with Crippen LogP contribution in [-0.4, -0.2) is 13.1 Å². The lowest BCUT2D eigenvalue weighted by molar-refractivity contribution is 0.213. The third-order valence-electron chi connectivity index (χ3n) is 3.45. The van der Waals surface area contributed by atoms with Gasteiger partial charge in [-0.2, -0.15) is 0 Å². The Morgan fingerprint density at radius 2 is 1.62 bits per heavy atom. The molecule has 0 saturated heterocycles. The van der Waals surface area contributed by atoms with Crippen LogP contribution >= 0.6 is 0 Å². The third kappa shape index (κ3) is 8.15. The molecule has 0 heterocycles. The summed E-state index contributed by atoms with van der Waals surface area (Å²) < 4.78 is 0. The number of hydrogen-bond donors (Lipinski definition) is 1. The molecular weight excluding hydrogens is 194 g/mol. The van der Waals surface area contributed by atoms with E-state index in [1.807, 2.05) is 0 Å². The Morgan fingerprint density at radius 1 is 0.938 bits per heavy atom. The topological polar surface area (TPSA) is 12.0 Å². The second-order valence-corrected chi connectivity index (χ2v) is 6.12. The SMILES string of the molecule is CCCCCCC(CNCCC)C(C)(C)C. The van der Waals surface area contributed by atoms with Crippen LogP contribution in [0.4, 0.5) is 0 Å². The van der Waals surface area contributed by atoms with E-state index in [1.165, 1.54) is 51.6 Å². The second kappa shape index (κ2) is 9.04. The molecule has 0 aromatic rings. The number of hydrogen-bond acceptors (Lipinski definition) is 1. The molecule has 0 radical (unpaired) electrons.